The highest BCUT2D eigenvalue weighted by Crippen LogP contribution is 2.19. The van der Waals surface area contributed by atoms with Crippen LogP contribution in [0, 0.1) is 0 Å². The Morgan fingerprint density at radius 2 is 2.00 bits per heavy atom. The number of aromatic nitrogens is 2. The van der Waals surface area contributed by atoms with Crippen LogP contribution in [-0.2, 0) is 6.54 Å². The average molecular weight is 308 g/mol. The van der Waals surface area contributed by atoms with Gasteiger partial charge in [0.1, 0.15) is 5.65 Å². The van der Waals surface area contributed by atoms with Crippen LogP contribution in [0.3, 0.4) is 0 Å². The van der Waals surface area contributed by atoms with E-state index in [2.05, 4.69) is 15.3 Å². The number of anilines is 1. The fourth-order valence-corrected chi connectivity index (χ4v) is 2.53. The van der Waals surface area contributed by atoms with E-state index >= 15 is 0 Å². The molecule has 0 aliphatic heterocycles. The summed E-state index contributed by atoms with van der Waals surface area (Å²) in [5.74, 6) is 0. The van der Waals surface area contributed by atoms with Gasteiger partial charge in [0.25, 0.3) is 0 Å². The summed E-state index contributed by atoms with van der Waals surface area (Å²) >= 11 is 0. The predicted molar refractivity (Wildman–Crippen MR) is 92.2 cm³/mol. The number of benzene rings is 1. The van der Waals surface area contributed by atoms with Gasteiger partial charge in [-0.25, -0.2) is 9.78 Å². The van der Waals surface area contributed by atoms with Gasteiger partial charge in [-0.3, -0.25) is 0 Å². The normalized spacial score (nSPS) is 10.9. The van der Waals surface area contributed by atoms with Gasteiger partial charge in [-0.15, -0.1) is 0 Å². The molecule has 3 aromatic rings. The van der Waals surface area contributed by atoms with Crippen molar-refractivity contribution in [1.29, 1.82) is 0 Å². The Balaban J connectivity index is 1.80. The molecular weight excluding hydrogens is 288 g/mol. The summed E-state index contributed by atoms with van der Waals surface area (Å²) in [6.45, 7) is 4.55. The van der Waals surface area contributed by atoms with Gasteiger partial charge < -0.3 is 15.2 Å². The highest BCUT2D eigenvalue weighted by Gasteiger charge is 2.19. The minimum Gasteiger partial charge on any atom is -0.346 e. The van der Waals surface area contributed by atoms with Crippen LogP contribution < -0.4 is 5.32 Å². The summed E-state index contributed by atoms with van der Waals surface area (Å²) < 4.78 is 0. The van der Waals surface area contributed by atoms with Crippen molar-refractivity contribution in [1.82, 2.24) is 14.9 Å². The van der Waals surface area contributed by atoms with Crippen LogP contribution >= 0.6 is 0 Å². The van der Waals surface area contributed by atoms with Crippen molar-refractivity contribution < 1.29 is 4.79 Å². The molecule has 5 heteroatoms. The molecule has 2 aromatic heterocycles. The third-order valence-corrected chi connectivity index (χ3v) is 3.79. The monoisotopic (exact) mass is 308 g/mol. The third-order valence-electron chi connectivity index (χ3n) is 3.79. The van der Waals surface area contributed by atoms with Gasteiger partial charge in [0.2, 0.25) is 0 Å². The third kappa shape index (κ3) is 3.34. The molecule has 0 atom stereocenters. The minimum atomic E-state index is -0.107. The molecule has 118 valence electrons. The second kappa shape index (κ2) is 6.52. The summed E-state index contributed by atoms with van der Waals surface area (Å²) in [5, 5.41) is 3.99. The maximum Gasteiger partial charge on any atom is 0.322 e. The lowest BCUT2D eigenvalue weighted by Crippen LogP contribution is -2.39. The maximum absolute atomic E-state index is 12.6. The molecule has 2 N–H and O–H groups in total. The molecule has 1 aromatic carbocycles. The minimum absolute atomic E-state index is 0.0836. The molecule has 0 spiro atoms. The summed E-state index contributed by atoms with van der Waals surface area (Å²) in [6, 6.07) is 13.4. The van der Waals surface area contributed by atoms with Crippen LogP contribution in [0.25, 0.3) is 11.0 Å². The zero-order valence-electron chi connectivity index (χ0n) is 13.3. The quantitative estimate of drug-likeness (QED) is 0.765. The second-order valence-corrected chi connectivity index (χ2v) is 5.73. The van der Waals surface area contributed by atoms with Crippen LogP contribution in [0.1, 0.15) is 19.4 Å². The first kappa shape index (κ1) is 15.1. The highest BCUT2D eigenvalue weighted by molar-refractivity contribution is 5.90. The Bertz CT molecular complexity index is 795. The molecule has 3 rings (SSSR count). The first-order chi connectivity index (χ1) is 11.1. The van der Waals surface area contributed by atoms with Crippen molar-refractivity contribution in [3.05, 3.63) is 60.4 Å². The Kier molecular flexibility index (Phi) is 4.28. The van der Waals surface area contributed by atoms with Crippen LogP contribution in [0.15, 0.2) is 54.9 Å². The van der Waals surface area contributed by atoms with E-state index in [1.165, 1.54) is 0 Å². The van der Waals surface area contributed by atoms with E-state index in [0.29, 0.717) is 6.54 Å². The Hall–Kier alpha value is -2.82. The number of urea groups is 1. The molecule has 23 heavy (non-hydrogen) atoms. The SMILES string of the molecule is CC(C)N(Cc1c[nH]c2ncccc12)C(=O)Nc1ccccc1. The number of hydrogen-bond donors (Lipinski definition) is 2. The van der Waals surface area contributed by atoms with Crippen molar-refractivity contribution in [2.75, 3.05) is 5.32 Å². The number of fused-ring (bicyclic) bond motifs is 1. The summed E-state index contributed by atoms with van der Waals surface area (Å²) in [5.41, 5.74) is 2.70. The van der Waals surface area contributed by atoms with Gasteiger partial charge in [0, 0.05) is 36.1 Å². The van der Waals surface area contributed by atoms with Crippen molar-refractivity contribution in [2.45, 2.75) is 26.4 Å². The lowest BCUT2D eigenvalue weighted by Gasteiger charge is -2.27. The first-order valence-corrected chi connectivity index (χ1v) is 7.69. The van der Waals surface area contributed by atoms with E-state index in [0.717, 1.165) is 22.3 Å². The molecule has 0 saturated heterocycles. The molecule has 0 aliphatic rings. The van der Waals surface area contributed by atoms with Gasteiger partial charge in [-0.2, -0.15) is 0 Å². The molecule has 0 radical (unpaired) electrons. The Morgan fingerprint density at radius 3 is 2.74 bits per heavy atom. The molecular formula is C18H20N4O. The lowest BCUT2D eigenvalue weighted by molar-refractivity contribution is 0.194. The number of carbonyl (C=O) groups is 1. The highest BCUT2D eigenvalue weighted by atomic mass is 16.2. The van der Waals surface area contributed by atoms with Crippen molar-refractivity contribution in [3.8, 4) is 0 Å². The zero-order valence-corrected chi connectivity index (χ0v) is 13.3. The van der Waals surface area contributed by atoms with Gasteiger partial charge >= 0.3 is 6.03 Å². The maximum atomic E-state index is 12.6. The van der Waals surface area contributed by atoms with E-state index in [-0.39, 0.29) is 12.1 Å². The van der Waals surface area contributed by atoms with Crippen molar-refractivity contribution in [3.63, 3.8) is 0 Å². The standard InChI is InChI=1S/C18H20N4O/c1-13(2)22(18(23)21-15-7-4-3-5-8-15)12-14-11-20-17-16(14)9-6-10-19-17/h3-11,13H,12H2,1-2H3,(H,19,20)(H,21,23). The molecule has 0 aliphatic carbocycles. The van der Waals surface area contributed by atoms with Crippen molar-refractivity contribution in [2.24, 2.45) is 0 Å². The fourth-order valence-electron chi connectivity index (χ4n) is 2.53. The fraction of sp³-hybridized carbons (Fsp3) is 0.222. The second-order valence-electron chi connectivity index (χ2n) is 5.73. The Labute approximate surface area is 135 Å². The summed E-state index contributed by atoms with van der Waals surface area (Å²) in [4.78, 5) is 21.9. The summed E-state index contributed by atoms with van der Waals surface area (Å²) in [6.07, 6.45) is 3.67. The zero-order chi connectivity index (χ0) is 16.2. The lowest BCUT2D eigenvalue weighted by atomic mass is 10.2. The number of nitrogens with one attached hydrogen (secondary N) is 2. The summed E-state index contributed by atoms with van der Waals surface area (Å²) in [7, 11) is 0. The largest absolute Gasteiger partial charge is 0.346 e. The number of nitrogens with zero attached hydrogens (tertiary/aromatic N) is 2. The van der Waals surface area contributed by atoms with Gasteiger partial charge in [-0.1, -0.05) is 18.2 Å². The first-order valence-electron chi connectivity index (χ1n) is 7.69. The van der Waals surface area contributed by atoms with Crippen LogP contribution in [0.4, 0.5) is 10.5 Å². The van der Waals surface area contributed by atoms with Crippen LogP contribution in [0.5, 0.6) is 0 Å². The van der Waals surface area contributed by atoms with Gasteiger partial charge in [-0.05, 0) is 43.7 Å². The number of amides is 2. The molecule has 2 amide bonds. The molecule has 5 nitrogen and oxygen atoms in total. The van der Waals surface area contributed by atoms with Crippen LogP contribution in [-0.4, -0.2) is 26.9 Å². The van der Waals surface area contributed by atoms with E-state index in [9.17, 15) is 4.79 Å². The van der Waals surface area contributed by atoms with Gasteiger partial charge in [0.05, 0.1) is 0 Å². The van der Waals surface area contributed by atoms with Gasteiger partial charge in [0.15, 0.2) is 0 Å². The van der Waals surface area contributed by atoms with E-state index in [1.54, 1.807) is 6.20 Å². The molecule has 2 heterocycles. The molecule has 0 fully saturated rings. The number of aromatic amines is 1. The number of para-hydroxylation sites is 1. The molecule has 0 unspecified atom stereocenters. The Morgan fingerprint density at radius 1 is 1.22 bits per heavy atom. The predicted octanol–water partition coefficient (Wildman–Crippen LogP) is 4.01. The number of pyridine rings is 1. The van der Waals surface area contributed by atoms with Crippen molar-refractivity contribution >= 4 is 22.8 Å². The van der Waals surface area contributed by atoms with Crippen LogP contribution in [0.2, 0.25) is 0 Å². The smallest absolute Gasteiger partial charge is 0.322 e. The number of rotatable bonds is 4. The molecule has 0 saturated carbocycles. The topological polar surface area (TPSA) is 61.0 Å². The number of H-pyrrole nitrogens is 1. The van der Waals surface area contributed by atoms with E-state index in [1.807, 2.05) is 67.4 Å². The molecule has 0 bridgehead atoms. The average Bonchev–Trinajstić information content (AvgIpc) is 2.96. The van der Waals surface area contributed by atoms with E-state index in [4.69, 9.17) is 0 Å². The number of hydrogen-bond acceptors (Lipinski definition) is 2. The van der Waals surface area contributed by atoms with E-state index < -0.39 is 0 Å². The number of carbonyl (C=O) groups excluding carboxylic acids is 1.